The summed E-state index contributed by atoms with van der Waals surface area (Å²) < 4.78 is 40.5. The highest BCUT2D eigenvalue weighted by molar-refractivity contribution is 5.20. The zero-order chi connectivity index (χ0) is 16.9. The second kappa shape index (κ2) is 7.66. The summed E-state index contributed by atoms with van der Waals surface area (Å²) in [5, 5.41) is 3.55. The Morgan fingerprint density at radius 3 is 2.50 bits per heavy atom. The van der Waals surface area contributed by atoms with Crippen LogP contribution in [0.5, 0.6) is 0 Å². The first-order valence-electron chi connectivity index (χ1n) is 8.12. The third-order valence-electron chi connectivity index (χ3n) is 4.52. The van der Waals surface area contributed by atoms with Crippen LogP contribution in [-0.4, -0.2) is 15.6 Å². The highest BCUT2D eigenvalue weighted by Gasteiger charge is 2.23. The number of halogens is 3. The monoisotopic (exact) mass is 335 g/mol. The summed E-state index contributed by atoms with van der Waals surface area (Å²) in [4.78, 5) is 4.04. The van der Waals surface area contributed by atoms with Crippen LogP contribution in [0.4, 0.5) is 13.2 Å². The maximum absolute atomic E-state index is 13.2. The molecule has 0 saturated heterocycles. The van der Waals surface area contributed by atoms with Crippen LogP contribution < -0.4 is 5.32 Å². The first-order chi connectivity index (χ1) is 11.6. The van der Waals surface area contributed by atoms with Crippen molar-refractivity contribution in [2.75, 3.05) is 0 Å². The Morgan fingerprint density at radius 2 is 1.92 bits per heavy atom. The molecule has 1 N–H and O–H groups in total. The van der Waals surface area contributed by atoms with Gasteiger partial charge in [0.25, 0.3) is 6.08 Å². The minimum atomic E-state index is -1.53. The number of hydrogen-bond acceptors (Lipinski definition) is 2. The van der Waals surface area contributed by atoms with Crippen LogP contribution in [0.25, 0.3) is 0 Å². The summed E-state index contributed by atoms with van der Waals surface area (Å²) in [6.45, 7) is 0.655. The molecule has 1 fully saturated rings. The minimum Gasteiger partial charge on any atom is -0.336 e. The molecule has 0 radical (unpaired) electrons. The Morgan fingerprint density at radius 1 is 1.21 bits per heavy atom. The molecule has 1 aliphatic carbocycles. The Labute approximate surface area is 139 Å². The minimum absolute atomic E-state index is 0.0226. The van der Waals surface area contributed by atoms with Gasteiger partial charge < -0.3 is 9.88 Å². The third-order valence-corrected chi connectivity index (χ3v) is 4.52. The summed E-state index contributed by atoms with van der Waals surface area (Å²) in [7, 11) is 0. The first kappa shape index (κ1) is 16.8. The van der Waals surface area contributed by atoms with E-state index in [1.54, 1.807) is 24.7 Å². The van der Waals surface area contributed by atoms with Gasteiger partial charge >= 0.3 is 0 Å². The van der Waals surface area contributed by atoms with Crippen molar-refractivity contribution < 1.29 is 13.2 Å². The Kier molecular flexibility index (Phi) is 5.35. The number of hydrogen-bond donors (Lipinski definition) is 1. The highest BCUT2D eigenvalue weighted by atomic mass is 19.3. The van der Waals surface area contributed by atoms with Crippen molar-refractivity contribution in [1.29, 1.82) is 0 Å². The fourth-order valence-corrected chi connectivity index (χ4v) is 3.16. The number of benzene rings is 1. The summed E-state index contributed by atoms with van der Waals surface area (Å²) >= 11 is 0. The molecule has 1 heterocycles. The van der Waals surface area contributed by atoms with Crippen LogP contribution >= 0.6 is 0 Å². The molecule has 0 aliphatic heterocycles. The Hall–Kier alpha value is -2.08. The molecule has 1 aliphatic rings. The molecule has 0 amide bonds. The number of nitrogens with zero attached hydrogens (tertiary/aromatic N) is 2. The molecular weight excluding hydrogens is 315 g/mol. The smallest absolute Gasteiger partial charge is 0.269 e. The summed E-state index contributed by atoms with van der Waals surface area (Å²) in [6, 6.07) is 6.56. The molecule has 6 heteroatoms. The lowest BCUT2D eigenvalue weighted by atomic mass is 9.90. The van der Waals surface area contributed by atoms with Gasteiger partial charge in [-0.2, -0.15) is 8.78 Å². The predicted octanol–water partition coefficient (Wildman–Crippen LogP) is 4.45. The van der Waals surface area contributed by atoms with E-state index in [1.165, 1.54) is 12.1 Å². The molecule has 0 spiro atoms. The number of aromatic nitrogens is 2. The van der Waals surface area contributed by atoms with E-state index in [1.807, 2.05) is 10.8 Å². The zero-order valence-corrected chi connectivity index (χ0v) is 13.3. The van der Waals surface area contributed by atoms with Crippen LogP contribution in [-0.2, 0) is 6.54 Å². The fourth-order valence-electron chi connectivity index (χ4n) is 3.16. The van der Waals surface area contributed by atoms with Gasteiger partial charge in [-0.15, -0.1) is 0 Å². The zero-order valence-electron chi connectivity index (χ0n) is 13.3. The van der Waals surface area contributed by atoms with Gasteiger partial charge in [0.05, 0.1) is 12.4 Å². The summed E-state index contributed by atoms with van der Waals surface area (Å²) in [6.07, 6.45) is 6.03. The SMILES string of the molecule is FC(F)=C1CCC(NC(Cn2ccnc2)c2ccc(F)cc2)CC1. The number of rotatable bonds is 5. The lowest BCUT2D eigenvalue weighted by molar-refractivity contribution is 0.330. The molecule has 1 aromatic heterocycles. The van der Waals surface area contributed by atoms with Gasteiger partial charge in [0.2, 0.25) is 0 Å². The van der Waals surface area contributed by atoms with Crippen LogP contribution in [0.2, 0.25) is 0 Å². The van der Waals surface area contributed by atoms with Gasteiger partial charge in [-0.25, -0.2) is 9.37 Å². The molecule has 1 aromatic carbocycles. The van der Waals surface area contributed by atoms with E-state index >= 15 is 0 Å². The van der Waals surface area contributed by atoms with E-state index < -0.39 is 6.08 Å². The Balaban J connectivity index is 1.70. The van der Waals surface area contributed by atoms with E-state index in [2.05, 4.69) is 10.3 Å². The van der Waals surface area contributed by atoms with Crippen LogP contribution in [0.1, 0.15) is 37.3 Å². The van der Waals surface area contributed by atoms with Gasteiger partial charge in [0, 0.05) is 25.0 Å². The molecule has 1 unspecified atom stereocenters. The number of nitrogens with one attached hydrogen (secondary N) is 1. The molecule has 1 atom stereocenters. The summed E-state index contributed by atoms with van der Waals surface area (Å²) in [5.74, 6) is -0.272. The average Bonchev–Trinajstić information content (AvgIpc) is 3.08. The second-order valence-corrected chi connectivity index (χ2v) is 6.17. The molecule has 24 heavy (non-hydrogen) atoms. The third kappa shape index (κ3) is 4.26. The summed E-state index contributed by atoms with van der Waals surface area (Å²) in [5.41, 5.74) is 1.25. The second-order valence-electron chi connectivity index (χ2n) is 6.17. The number of imidazole rings is 1. The van der Waals surface area contributed by atoms with Crippen molar-refractivity contribution in [1.82, 2.24) is 14.9 Å². The van der Waals surface area contributed by atoms with Crippen LogP contribution in [0.3, 0.4) is 0 Å². The van der Waals surface area contributed by atoms with Gasteiger partial charge in [-0.1, -0.05) is 12.1 Å². The van der Waals surface area contributed by atoms with Crippen LogP contribution in [0, 0.1) is 5.82 Å². The van der Waals surface area contributed by atoms with E-state index in [4.69, 9.17) is 0 Å². The lowest BCUT2D eigenvalue weighted by Gasteiger charge is -2.30. The highest BCUT2D eigenvalue weighted by Crippen LogP contribution is 2.29. The molecule has 2 aromatic rings. The molecule has 0 bridgehead atoms. The van der Waals surface area contributed by atoms with Crippen molar-refractivity contribution in [2.45, 2.75) is 44.3 Å². The van der Waals surface area contributed by atoms with Crippen molar-refractivity contribution in [3.63, 3.8) is 0 Å². The van der Waals surface area contributed by atoms with Crippen molar-refractivity contribution in [2.24, 2.45) is 0 Å². The molecular formula is C18H20F3N3. The van der Waals surface area contributed by atoms with Crippen molar-refractivity contribution in [3.05, 3.63) is 66.0 Å². The van der Waals surface area contributed by atoms with Gasteiger partial charge in [-0.3, -0.25) is 0 Å². The average molecular weight is 335 g/mol. The van der Waals surface area contributed by atoms with Gasteiger partial charge in [0.1, 0.15) is 5.82 Å². The standard InChI is InChI=1S/C18H20F3N3/c19-15-5-1-13(2-6-15)17(11-24-10-9-22-12-24)23-16-7-3-14(4-8-16)18(20)21/h1-2,5-6,9-10,12,16-17,23H,3-4,7-8,11H2. The van der Waals surface area contributed by atoms with E-state index in [0.29, 0.717) is 32.2 Å². The quantitative estimate of drug-likeness (QED) is 0.875. The predicted molar refractivity (Wildman–Crippen MR) is 86.0 cm³/mol. The van der Waals surface area contributed by atoms with Gasteiger partial charge in [0.15, 0.2) is 0 Å². The first-order valence-corrected chi connectivity index (χ1v) is 8.12. The molecule has 1 saturated carbocycles. The maximum atomic E-state index is 13.2. The van der Waals surface area contributed by atoms with E-state index in [9.17, 15) is 13.2 Å². The van der Waals surface area contributed by atoms with Gasteiger partial charge in [-0.05, 0) is 49.0 Å². The van der Waals surface area contributed by atoms with E-state index in [0.717, 1.165) is 5.56 Å². The lowest BCUT2D eigenvalue weighted by Crippen LogP contribution is -2.36. The van der Waals surface area contributed by atoms with Crippen molar-refractivity contribution >= 4 is 0 Å². The number of allylic oxidation sites excluding steroid dienone is 1. The topological polar surface area (TPSA) is 29.9 Å². The van der Waals surface area contributed by atoms with Crippen molar-refractivity contribution in [3.8, 4) is 0 Å². The molecule has 3 rings (SSSR count). The maximum Gasteiger partial charge on any atom is 0.269 e. The normalized spacial score (nSPS) is 19.3. The molecule has 3 nitrogen and oxygen atoms in total. The largest absolute Gasteiger partial charge is 0.336 e. The van der Waals surface area contributed by atoms with Crippen LogP contribution in [0.15, 0.2) is 54.6 Å². The fraction of sp³-hybridized carbons (Fsp3) is 0.389. The van der Waals surface area contributed by atoms with E-state index in [-0.39, 0.29) is 23.5 Å². The Bertz CT molecular complexity index is 666. The molecule has 128 valence electrons.